The second-order valence-electron chi connectivity index (χ2n) is 9.92. The van der Waals surface area contributed by atoms with Gasteiger partial charge in [0.15, 0.2) is 0 Å². The molecule has 2 bridgehead atoms. The van der Waals surface area contributed by atoms with Gasteiger partial charge < -0.3 is 4.74 Å². The first kappa shape index (κ1) is 24.9. The lowest BCUT2D eigenvalue weighted by Crippen LogP contribution is -2.49. The lowest BCUT2D eigenvalue weighted by molar-refractivity contribution is -0.150. The maximum Gasteiger partial charge on any atom is 0.310 e. The van der Waals surface area contributed by atoms with Crippen LogP contribution in [0.15, 0.2) is 78.9 Å². The number of hydrogen-bond acceptors (Lipinski definition) is 3. The van der Waals surface area contributed by atoms with Gasteiger partial charge >= 0.3 is 5.97 Å². The number of rotatable bonds is 4. The maximum absolute atomic E-state index is 12.6. The predicted molar refractivity (Wildman–Crippen MR) is 145 cm³/mol. The van der Waals surface area contributed by atoms with Crippen LogP contribution >= 0.6 is 0 Å². The molecular weight excluding hydrogens is 430 g/mol. The van der Waals surface area contributed by atoms with E-state index in [1.165, 1.54) is 41.3 Å². The second kappa shape index (κ2) is 11.5. The van der Waals surface area contributed by atoms with Crippen molar-refractivity contribution in [2.45, 2.75) is 51.1 Å². The van der Waals surface area contributed by atoms with Crippen molar-refractivity contribution in [2.24, 2.45) is 5.92 Å². The van der Waals surface area contributed by atoms with Gasteiger partial charge in [0, 0.05) is 18.0 Å². The SMILES string of the molecule is COC(=O)C1C2CC[C@H](C[C@@H]1c1ccc(/C=C/c3ccccc3)cc1)N2C.Cc1ccc(C)cc1. The van der Waals surface area contributed by atoms with Crippen LogP contribution in [0.1, 0.15) is 53.0 Å². The van der Waals surface area contributed by atoms with E-state index in [1.807, 2.05) is 18.2 Å². The van der Waals surface area contributed by atoms with Gasteiger partial charge in [-0.25, -0.2) is 0 Å². The minimum absolute atomic E-state index is 0.0646. The van der Waals surface area contributed by atoms with Gasteiger partial charge in [-0.3, -0.25) is 9.69 Å². The zero-order valence-corrected chi connectivity index (χ0v) is 21.4. The molecule has 0 saturated carbocycles. The third-order valence-corrected chi connectivity index (χ3v) is 7.59. The summed E-state index contributed by atoms with van der Waals surface area (Å²) in [6.07, 6.45) is 7.57. The molecule has 3 nitrogen and oxygen atoms in total. The van der Waals surface area contributed by atoms with Crippen LogP contribution in [0.4, 0.5) is 0 Å². The fourth-order valence-electron chi connectivity index (χ4n) is 5.51. The van der Waals surface area contributed by atoms with Gasteiger partial charge in [-0.15, -0.1) is 0 Å². The lowest BCUT2D eigenvalue weighted by atomic mass is 9.76. The molecule has 2 saturated heterocycles. The van der Waals surface area contributed by atoms with Gasteiger partial charge in [0.25, 0.3) is 0 Å². The molecule has 2 heterocycles. The number of fused-ring (bicyclic) bond motifs is 2. The molecule has 2 unspecified atom stereocenters. The molecule has 3 aromatic rings. The third-order valence-electron chi connectivity index (χ3n) is 7.59. The van der Waals surface area contributed by atoms with Gasteiger partial charge in [0.05, 0.1) is 13.0 Å². The van der Waals surface area contributed by atoms with E-state index in [0.717, 1.165) is 12.8 Å². The Hall–Kier alpha value is -3.17. The molecule has 0 amide bonds. The Morgan fingerprint density at radius 1 is 0.829 bits per heavy atom. The molecule has 2 aliphatic rings. The van der Waals surface area contributed by atoms with Crippen LogP contribution in [-0.4, -0.2) is 37.1 Å². The number of hydrogen-bond donors (Lipinski definition) is 0. The summed E-state index contributed by atoms with van der Waals surface area (Å²) in [6.45, 7) is 4.19. The van der Waals surface area contributed by atoms with Crippen LogP contribution in [0, 0.1) is 19.8 Å². The molecule has 35 heavy (non-hydrogen) atoms. The first-order valence-electron chi connectivity index (χ1n) is 12.6. The highest BCUT2D eigenvalue weighted by molar-refractivity contribution is 5.75. The molecule has 182 valence electrons. The van der Waals surface area contributed by atoms with Crippen LogP contribution < -0.4 is 0 Å². The Kier molecular flexibility index (Phi) is 8.20. The zero-order chi connectivity index (χ0) is 24.8. The topological polar surface area (TPSA) is 29.5 Å². The minimum atomic E-state index is -0.0653. The van der Waals surface area contributed by atoms with Crippen LogP contribution in [-0.2, 0) is 9.53 Å². The second-order valence-corrected chi connectivity index (χ2v) is 9.92. The van der Waals surface area contributed by atoms with E-state index >= 15 is 0 Å². The Labute approximate surface area is 210 Å². The van der Waals surface area contributed by atoms with E-state index in [1.54, 1.807) is 0 Å². The van der Waals surface area contributed by atoms with E-state index in [0.29, 0.717) is 12.1 Å². The standard InChI is InChI=1S/C24H27NO2.C8H10/c1-25-20-14-15-22(25)23(24(26)27-2)21(16-20)19-12-10-18(11-13-19)9-8-17-6-4-3-5-7-17;1-7-3-5-8(2)6-4-7/h3-13,20-23H,14-16H2,1-2H3;3-6H,1-2H3/b9-8+;/t20-,21-,22?,23?;/m1./s1. The van der Waals surface area contributed by atoms with Crippen LogP contribution in [0.5, 0.6) is 0 Å². The van der Waals surface area contributed by atoms with Crippen LogP contribution in [0.25, 0.3) is 12.2 Å². The Morgan fingerprint density at radius 3 is 1.97 bits per heavy atom. The molecular formula is C32H37NO2. The average Bonchev–Trinajstić information content (AvgIpc) is 3.12. The largest absolute Gasteiger partial charge is 0.469 e. The van der Waals surface area contributed by atoms with Crippen molar-refractivity contribution in [1.82, 2.24) is 4.90 Å². The number of aryl methyl sites for hydroxylation is 2. The molecule has 5 rings (SSSR count). The predicted octanol–water partition coefficient (Wildman–Crippen LogP) is 6.90. The quantitative estimate of drug-likeness (QED) is 0.309. The molecule has 2 aliphatic heterocycles. The highest BCUT2D eigenvalue weighted by Gasteiger charge is 2.49. The van der Waals surface area contributed by atoms with Crippen LogP contribution in [0.3, 0.4) is 0 Å². The molecule has 0 aliphatic carbocycles. The molecule has 2 fully saturated rings. The molecule has 0 N–H and O–H groups in total. The molecule has 3 heteroatoms. The van der Waals surface area contributed by atoms with Crippen molar-refractivity contribution in [2.75, 3.05) is 14.2 Å². The highest BCUT2D eigenvalue weighted by Crippen LogP contribution is 2.46. The summed E-state index contributed by atoms with van der Waals surface area (Å²) in [5.41, 5.74) is 6.28. The van der Waals surface area contributed by atoms with Crippen molar-refractivity contribution in [1.29, 1.82) is 0 Å². The summed E-state index contributed by atoms with van der Waals surface area (Å²) in [7, 11) is 3.67. The van der Waals surface area contributed by atoms with Crippen molar-refractivity contribution < 1.29 is 9.53 Å². The Morgan fingerprint density at radius 2 is 1.40 bits per heavy atom. The van der Waals surface area contributed by atoms with E-state index < -0.39 is 0 Å². The fourth-order valence-corrected chi connectivity index (χ4v) is 5.51. The summed E-state index contributed by atoms with van der Waals surface area (Å²) >= 11 is 0. The summed E-state index contributed by atoms with van der Waals surface area (Å²) in [4.78, 5) is 14.9. The third kappa shape index (κ3) is 6.10. The van der Waals surface area contributed by atoms with E-state index in [9.17, 15) is 4.79 Å². The van der Waals surface area contributed by atoms with E-state index in [4.69, 9.17) is 4.74 Å². The zero-order valence-electron chi connectivity index (χ0n) is 21.4. The van der Waals surface area contributed by atoms with Gasteiger partial charge in [-0.05, 0) is 56.8 Å². The molecule has 0 radical (unpaired) electrons. The summed E-state index contributed by atoms with van der Waals surface area (Å²) in [6, 6.07) is 28.4. The number of methoxy groups -OCH3 is 1. The summed E-state index contributed by atoms with van der Waals surface area (Å²) in [5.74, 6) is 0.119. The summed E-state index contributed by atoms with van der Waals surface area (Å²) < 4.78 is 5.17. The molecule has 3 aromatic carbocycles. The molecule has 0 spiro atoms. The number of esters is 1. The molecule has 4 atom stereocenters. The fraction of sp³-hybridized carbons (Fsp3) is 0.344. The maximum atomic E-state index is 12.6. The van der Waals surface area contributed by atoms with Crippen molar-refractivity contribution in [3.8, 4) is 0 Å². The Balaban J connectivity index is 0.000000308. The van der Waals surface area contributed by atoms with Crippen molar-refractivity contribution in [3.05, 3.63) is 107 Å². The number of nitrogens with zero attached hydrogens (tertiary/aromatic N) is 1. The average molecular weight is 468 g/mol. The monoisotopic (exact) mass is 467 g/mol. The van der Waals surface area contributed by atoms with E-state index in [-0.39, 0.29) is 17.8 Å². The number of ether oxygens (including phenoxy) is 1. The van der Waals surface area contributed by atoms with Gasteiger partial charge in [0.2, 0.25) is 0 Å². The number of carbonyl (C=O) groups excluding carboxylic acids is 1. The first-order valence-corrected chi connectivity index (χ1v) is 12.6. The minimum Gasteiger partial charge on any atom is -0.469 e. The highest BCUT2D eigenvalue weighted by atomic mass is 16.5. The van der Waals surface area contributed by atoms with Crippen molar-refractivity contribution in [3.63, 3.8) is 0 Å². The number of piperidine rings is 1. The Bertz CT molecular complexity index is 1100. The lowest BCUT2D eigenvalue weighted by Gasteiger charge is -2.41. The molecule has 0 aromatic heterocycles. The summed E-state index contributed by atoms with van der Waals surface area (Å²) in [5, 5.41) is 0. The van der Waals surface area contributed by atoms with Gasteiger partial charge in [-0.2, -0.15) is 0 Å². The van der Waals surface area contributed by atoms with E-state index in [2.05, 4.69) is 98.6 Å². The van der Waals surface area contributed by atoms with Crippen LogP contribution in [0.2, 0.25) is 0 Å². The number of carbonyl (C=O) groups is 1. The first-order chi connectivity index (χ1) is 17.0. The normalized spacial score (nSPS) is 23.5. The van der Waals surface area contributed by atoms with Crippen molar-refractivity contribution >= 4 is 18.1 Å². The smallest absolute Gasteiger partial charge is 0.310 e. The number of benzene rings is 3. The van der Waals surface area contributed by atoms with Gasteiger partial charge in [0.1, 0.15) is 0 Å². The van der Waals surface area contributed by atoms with Gasteiger partial charge in [-0.1, -0.05) is 102 Å².